The fourth-order valence-electron chi connectivity index (χ4n) is 5.53. The lowest BCUT2D eigenvalue weighted by Crippen LogP contribution is -2.42. The van der Waals surface area contributed by atoms with Crippen molar-refractivity contribution >= 4 is 29.1 Å². The lowest BCUT2D eigenvalue weighted by Gasteiger charge is -2.32. The summed E-state index contributed by atoms with van der Waals surface area (Å²) in [5.74, 6) is 0.405. The standard InChI is InChI=1S/C25H29F3N6O3/c1-14-2-4-15(5-3-14)21(31-19-7-6-18(33-34-19)25(26,27)28)22(35)32-20-12-17-16(13-29-20)24(23(36)30-17)8-10-37-11-9-24/h6-7,12-15,21H,2-5,8-11H2,1H3,(H,30,36)(H,31,34)(H,29,32,35)/t14?,15?,21-/m0/s1. The minimum Gasteiger partial charge on any atom is -0.381 e. The summed E-state index contributed by atoms with van der Waals surface area (Å²) in [6.07, 6.45) is 1.64. The second kappa shape index (κ2) is 9.88. The molecule has 2 aliphatic heterocycles. The van der Waals surface area contributed by atoms with Gasteiger partial charge >= 0.3 is 6.18 Å². The van der Waals surface area contributed by atoms with Crippen molar-refractivity contribution in [3.8, 4) is 0 Å². The Kier molecular flexibility index (Phi) is 6.78. The largest absolute Gasteiger partial charge is 0.435 e. The molecule has 1 saturated heterocycles. The summed E-state index contributed by atoms with van der Waals surface area (Å²) in [6, 6.07) is 2.92. The Morgan fingerprint density at radius 1 is 1.14 bits per heavy atom. The fraction of sp³-hybridized carbons (Fsp3) is 0.560. The van der Waals surface area contributed by atoms with Crippen LogP contribution in [0, 0.1) is 11.8 Å². The van der Waals surface area contributed by atoms with Crippen LogP contribution in [-0.4, -0.2) is 46.3 Å². The summed E-state index contributed by atoms with van der Waals surface area (Å²) in [5, 5.41) is 15.7. The van der Waals surface area contributed by atoms with Gasteiger partial charge in [0.05, 0.1) is 11.1 Å². The first-order valence-corrected chi connectivity index (χ1v) is 12.5. The molecule has 0 unspecified atom stereocenters. The van der Waals surface area contributed by atoms with Crippen molar-refractivity contribution in [3.63, 3.8) is 0 Å². The van der Waals surface area contributed by atoms with Crippen LogP contribution in [0.4, 0.5) is 30.5 Å². The molecule has 1 spiro atoms. The Labute approximate surface area is 212 Å². The summed E-state index contributed by atoms with van der Waals surface area (Å²) in [5.41, 5.74) is -0.346. The summed E-state index contributed by atoms with van der Waals surface area (Å²) in [7, 11) is 0. The monoisotopic (exact) mass is 518 g/mol. The molecular weight excluding hydrogens is 489 g/mol. The van der Waals surface area contributed by atoms with E-state index in [4.69, 9.17) is 4.74 Å². The third kappa shape index (κ3) is 5.11. The van der Waals surface area contributed by atoms with Gasteiger partial charge in [0.15, 0.2) is 5.69 Å². The lowest BCUT2D eigenvalue weighted by molar-refractivity contribution is -0.141. The van der Waals surface area contributed by atoms with E-state index in [-0.39, 0.29) is 29.4 Å². The smallest absolute Gasteiger partial charge is 0.381 e. The van der Waals surface area contributed by atoms with E-state index >= 15 is 0 Å². The highest BCUT2D eigenvalue weighted by molar-refractivity contribution is 6.07. The number of hydrogen-bond donors (Lipinski definition) is 3. The quantitative estimate of drug-likeness (QED) is 0.545. The van der Waals surface area contributed by atoms with Gasteiger partial charge in [0.2, 0.25) is 11.8 Å². The topological polar surface area (TPSA) is 118 Å². The fourth-order valence-corrected chi connectivity index (χ4v) is 5.53. The van der Waals surface area contributed by atoms with Crippen LogP contribution in [0.2, 0.25) is 0 Å². The number of pyridine rings is 1. The van der Waals surface area contributed by atoms with Gasteiger partial charge in [0.1, 0.15) is 17.7 Å². The Bertz CT molecular complexity index is 1160. The van der Waals surface area contributed by atoms with E-state index in [1.165, 1.54) is 6.07 Å². The predicted octanol–water partition coefficient (Wildman–Crippen LogP) is 4.14. The summed E-state index contributed by atoms with van der Waals surface area (Å²) in [4.78, 5) is 30.6. The van der Waals surface area contributed by atoms with E-state index in [9.17, 15) is 22.8 Å². The Morgan fingerprint density at radius 3 is 2.51 bits per heavy atom. The molecule has 1 atom stereocenters. The van der Waals surface area contributed by atoms with Crippen LogP contribution in [0.5, 0.6) is 0 Å². The van der Waals surface area contributed by atoms with E-state index in [1.54, 1.807) is 12.3 Å². The molecule has 12 heteroatoms. The minimum atomic E-state index is -4.60. The molecule has 1 aliphatic carbocycles. The minimum absolute atomic E-state index is 0.0417. The third-order valence-corrected chi connectivity index (χ3v) is 7.77. The van der Waals surface area contributed by atoms with Crippen molar-refractivity contribution in [2.45, 2.75) is 63.1 Å². The van der Waals surface area contributed by atoms with Crippen molar-refractivity contribution in [1.82, 2.24) is 15.2 Å². The lowest BCUT2D eigenvalue weighted by atomic mass is 9.76. The number of ether oxygens (including phenoxy) is 1. The van der Waals surface area contributed by atoms with Gasteiger partial charge < -0.3 is 20.7 Å². The Hall–Kier alpha value is -3.28. The van der Waals surface area contributed by atoms with Crippen molar-refractivity contribution in [3.05, 3.63) is 35.7 Å². The molecule has 9 nitrogen and oxygen atoms in total. The first-order chi connectivity index (χ1) is 17.7. The maximum atomic E-state index is 13.4. The number of aromatic nitrogens is 3. The molecule has 2 aromatic heterocycles. The number of anilines is 3. The van der Waals surface area contributed by atoms with E-state index < -0.39 is 23.3 Å². The average Bonchev–Trinajstić information content (AvgIpc) is 3.13. The van der Waals surface area contributed by atoms with E-state index in [0.717, 1.165) is 37.3 Å². The molecule has 2 amide bonds. The van der Waals surface area contributed by atoms with Gasteiger partial charge in [0.25, 0.3) is 0 Å². The van der Waals surface area contributed by atoms with Crippen LogP contribution in [0.1, 0.15) is 56.7 Å². The van der Waals surface area contributed by atoms with Gasteiger partial charge in [-0.2, -0.15) is 13.2 Å². The second-order valence-corrected chi connectivity index (χ2v) is 10.2. The van der Waals surface area contributed by atoms with Crippen LogP contribution < -0.4 is 16.0 Å². The van der Waals surface area contributed by atoms with Crippen molar-refractivity contribution < 1.29 is 27.5 Å². The number of alkyl halides is 3. The highest BCUT2D eigenvalue weighted by Crippen LogP contribution is 2.44. The van der Waals surface area contributed by atoms with Crippen molar-refractivity contribution in [1.29, 1.82) is 0 Å². The number of rotatable bonds is 5. The molecule has 0 aromatic carbocycles. The number of hydrogen-bond acceptors (Lipinski definition) is 7. The maximum Gasteiger partial charge on any atom is 0.435 e. The van der Waals surface area contributed by atoms with Crippen molar-refractivity contribution in [2.24, 2.45) is 11.8 Å². The van der Waals surface area contributed by atoms with Gasteiger partial charge in [-0.25, -0.2) is 4.98 Å². The normalized spacial score (nSPS) is 23.7. The summed E-state index contributed by atoms with van der Waals surface area (Å²) >= 11 is 0. The molecule has 3 aliphatic rings. The van der Waals surface area contributed by atoms with Crippen LogP contribution >= 0.6 is 0 Å². The number of amides is 2. The van der Waals surface area contributed by atoms with E-state index in [1.807, 2.05) is 0 Å². The van der Waals surface area contributed by atoms with Crippen LogP contribution in [0.25, 0.3) is 0 Å². The molecule has 5 rings (SSSR count). The van der Waals surface area contributed by atoms with Crippen LogP contribution in [-0.2, 0) is 25.9 Å². The van der Waals surface area contributed by atoms with Gasteiger partial charge in [0, 0.05) is 31.0 Å². The van der Waals surface area contributed by atoms with Crippen LogP contribution in [0.3, 0.4) is 0 Å². The molecule has 2 aromatic rings. The molecule has 37 heavy (non-hydrogen) atoms. The van der Waals surface area contributed by atoms with Crippen LogP contribution in [0.15, 0.2) is 24.4 Å². The van der Waals surface area contributed by atoms with Gasteiger partial charge in [-0.1, -0.05) is 19.8 Å². The summed E-state index contributed by atoms with van der Waals surface area (Å²) < 4.78 is 44.1. The zero-order valence-corrected chi connectivity index (χ0v) is 20.4. The molecule has 2 fully saturated rings. The Morgan fingerprint density at radius 2 is 1.86 bits per heavy atom. The zero-order chi connectivity index (χ0) is 26.2. The first kappa shape index (κ1) is 25.4. The number of halogens is 3. The molecular formula is C25H29F3N6O3. The van der Waals surface area contributed by atoms with Gasteiger partial charge in [-0.15, -0.1) is 10.2 Å². The average molecular weight is 519 g/mol. The first-order valence-electron chi connectivity index (χ1n) is 12.5. The SMILES string of the molecule is CC1CCC([C@H](Nc2ccc(C(F)(F)F)nn2)C(=O)Nc2cc3c(cn2)C2(CCOCC2)C(=O)N3)CC1. The highest BCUT2D eigenvalue weighted by Gasteiger charge is 2.48. The maximum absolute atomic E-state index is 13.4. The number of nitrogens with one attached hydrogen (secondary N) is 3. The number of fused-ring (bicyclic) bond motifs is 2. The van der Waals surface area contributed by atoms with Gasteiger partial charge in [-0.3, -0.25) is 9.59 Å². The third-order valence-electron chi connectivity index (χ3n) is 7.77. The molecule has 4 heterocycles. The van der Waals surface area contributed by atoms with E-state index in [2.05, 4.69) is 38.1 Å². The second-order valence-electron chi connectivity index (χ2n) is 10.2. The number of carbonyl (C=O) groups is 2. The molecule has 198 valence electrons. The predicted molar refractivity (Wildman–Crippen MR) is 129 cm³/mol. The Balaban J connectivity index is 1.35. The molecule has 3 N–H and O–H groups in total. The van der Waals surface area contributed by atoms with E-state index in [0.29, 0.717) is 37.7 Å². The molecule has 0 radical (unpaired) electrons. The number of nitrogens with zero attached hydrogens (tertiary/aromatic N) is 3. The molecule has 0 bridgehead atoms. The molecule has 1 saturated carbocycles. The summed E-state index contributed by atoms with van der Waals surface area (Å²) in [6.45, 7) is 3.14. The highest BCUT2D eigenvalue weighted by atomic mass is 19.4. The van der Waals surface area contributed by atoms with Gasteiger partial charge in [-0.05, 0) is 49.7 Å². The zero-order valence-electron chi connectivity index (χ0n) is 20.4. The number of carbonyl (C=O) groups excluding carboxylic acids is 2. The van der Waals surface area contributed by atoms with Crippen molar-refractivity contribution in [2.75, 3.05) is 29.2 Å².